The number of nitrogens with zero attached hydrogens (tertiary/aromatic N) is 1. The van der Waals surface area contributed by atoms with Crippen molar-refractivity contribution in [3.8, 4) is 0 Å². The van der Waals surface area contributed by atoms with E-state index in [2.05, 4.69) is 0 Å². The van der Waals surface area contributed by atoms with Crippen LogP contribution < -0.4 is 0 Å². The lowest BCUT2D eigenvalue weighted by atomic mass is 10.1. The molecule has 0 fully saturated rings. The normalized spacial score (nSPS) is 12.1. The van der Waals surface area contributed by atoms with Crippen LogP contribution in [-0.4, -0.2) is 30.9 Å². The number of hydrogen-bond donors (Lipinski definition) is 1. The van der Waals surface area contributed by atoms with Gasteiger partial charge in [0.25, 0.3) is 0 Å². The van der Waals surface area contributed by atoms with E-state index in [0.29, 0.717) is 29.2 Å². The average molecular weight is 306 g/mol. The van der Waals surface area contributed by atoms with Crippen molar-refractivity contribution in [2.75, 3.05) is 13.1 Å². The zero-order chi connectivity index (χ0) is 14.6. The van der Waals surface area contributed by atoms with Gasteiger partial charge in [0.05, 0.1) is 11.5 Å². The molecule has 1 rings (SSSR count). The summed E-state index contributed by atoms with van der Waals surface area (Å²) in [5, 5.41) is 9.59. The molecule has 0 aliphatic carbocycles. The summed E-state index contributed by atoms with van der Waals surface area (Å²) in [7, 11) is -3.56. The number of aliphatic hydroxyl groups excluding tert-OH is 1. The Balaban J connectivity index is 3.39. The number of benzene rings is 1. The minimum atomic E-state index is -3.56. The number of sulfonamides is 1. The highest BCUT2D eigenvalue weighted by Gasteiger charge is 2.25. The summed E-state index contributed by atoms with van der Waals surface area (Å²) in [6, 6.07) is 3.04. The van der Waals surface area contributed by atoms with Crippen molar-refractivity contribution in [3.63, 3.8) is 0 Å². The van der Waals surface area contributed by atoms with Gasteiger partial charge >= 0.3 is 0 Å². The SMILES string of the molecule is CCCN(CC)S(=O)(=O)c1cc(Cl)cc(CO)c1C. The first kappa shape index (κ1) is 16.4. The molecule has 4 nitrogen and oxygen atoms in total. The Kier molecular flexibility index (Phi) is 5.80. The van der Waals surface area contributed by atoms with Crippen LogP contribution in [0.25, 0.3) is 0 Å². The van der Waals surface area contributed by atoms with Gasteiger partial charge in [-0.15, -0.1) is 0 Å². The minimum absolute atomic E-state index is 0.180. The smallest absolute Gasteiger partial charge is 0.243 e. The fourth-order valence-electron chi connectivity index (χ4n) is 1.98. The van der Waals surface area contributed by atoms with Gasteiger partial charge in [-0.2, -0.15) is 4.31 Å². The predicted molar refractivity (Wildman–Crippen MR) is 76.8 cm³/mol. The first-order valence-electron chi connectivity index (χ1n) is 6.28. The zero-order valence-electron chi connectivity index (χ0n) is 11.5. The van der Waals surface area contributed by atoms with Crippen molar-refractivity contribution in [1.29, 1.82) is 0 Å². The van der Waals surface area contributed by atoms with Crippen LogP contribution in [0.3, 0.4) is 0 Å². The standard InChI is InChI=1S/C13H20ClNO3S/c1-4-6-15(5-2)19(17,18)13-8-12(14)7-11(9-16)10(13)3/h7-8,16H,4-6,9H2,1-3H3. The third-order valence-electron chi connectivity index (χ3n) is 3.05. The first-order chi connectivity index (χ1) is 8.88. The molecule has 0 aliphatic heterocycles. The molecule has 0 spiro atoms. The van der Waals surface area contributed by atoms with E-state index in [1.54, 1.807) is 19.9 Å². The molecule has 0 bridgehead atoms. The molecule has 108 valence electrons. The van der Waals surface area contributed by atoms with Crippen LogP contribution >= 0.6 is 11.6 Å². The highest BCUT2D eigenvalue weighted by Crippen LogP contribution is 2.27. The van der Waals surface area contributed by atoms with Crippen molar-refractivity contribution >= 4 is 21.6 Å². The number of rotatable bonds is 6. The molecule has 0 amide bonds. The maximum Gasteiger partial charge on any atom is 0.243 e. The van der Waals surface area contributed by atoms with Gasteiger partial charge < -0.3 is 5.11 Å². The molecule has 1 aromatic carbocycles. The number of hydrogen-bond acceptors (Lipinski definition) is 3. The predicted octanol–water partition coefficient (Wildman–Crippen LogP) is 2.56. The lowest BCUT2D eigenvalue weighted by Crippen LogP contribution is -2.32. The van der Waals surface area contributed by atoms with Crippen molar-refractivity contribution in [2.24, 2.45) is 0 Å². The lowest BCUT2D eigenvalue weighted by Gasteiger charge is -2.22. The molecule has 1 aromatic rings. The van der Waals surface area contributed by atoms with E-state index in [1.165, 1.54) is 10.4 Å². The molecule has 0 heterocycles. The first-order valence-corrected chi connectivity index (χ1v) is 8.10. The summed E-state index contributed by atoms with van der Waals surface area (Å²) in [6.45, 7) is 6.08. The summed E-state index contributed by atoms with van der Waals surface area (Å²) in [5.41, 5.74) is 1.10. The zero-order valence-corrected chi connectivity index (χ0v) is 13.1. The van der Waals surface area contributed by atoms with Crippen LogP contribution in [-0.2, 0) is 16.6 Å². The van der Waals surface area contributed by atoms with Crippen LogP contribution in [0.2, 0.25) is 5.02 Å². The Morgan fingerprint density at radius 3 is 2.42 bits per heavy atom. The van der Waals surface area contributed by atoms with E-state index >= 15 is 0 Å². The molecule has 0 aromatic heterocycles. The van der Waals surface area contributed by atoms with Gasteiger partial charge in [-0.3, -0.25) is 0 Å². The van der Waals surface area contributed by atoms with E-state index in [4.69, 9.17) is 11.6 Å². The summed E-state index contributed by atoms with van der Waals surface area (Å²) in [5.74, 6) is 0. The molecular formula is C13H20ClNO3S. The average Bonchev–Trinajstić information content (AvgIpc) is 2.37. The minimum Gasteiger partial charge on any atom is -0.392 e. The Labute approximate surface area is 120 Å². The molecule has 0 aliphatic rings. The van der Waals surface area contributed by atoms with E-state index in [-0.39, 0.29) is 11.5 Å². The van der Waals surface area contributed by atoms with Gasteiger partial charge in [-0.1, -0.05) is 25.4 Å². The molecule has 0 saturated heterocycles. The Bertz CT molecular complexity index is 543. The second kappa shape index (κ2) is 6.70. The quantitative estimate of drug-likeness (QED) is 0.879. The molecule has 19 heavy (non-hydrogen) atoms. The second-order valence-corrected chi connectivity index (χ2v) is 6.69. The van der Waals surface area contributed by atoms with Gasteiger partial charge in [0.2, 0.25) is 10.0 Å². The van der Waals surface area contributed by atoms with Crippen LogP contribution in [0.4, 0.5) is 0 Å². The van der Waals surface area contributed by atoms with E-state index < -0.39 is 10.0 Å². The van der Waals surface area contributed by atoms with Gasteiger partial charge in [-0.05, 0) is 36.6 Å². The molecule has 6 heteroatoms. The summed E-state index contributed by atoms with van der Waals surface area (Å²) in [6.07, 6.45) is 0.750. The van der Waals surface area contributed by atoms with Gasteiger partial charge in [0.15, 0.2) is 0 Å². The van der Waals surface area contributed by atoms with E-state index in [0.717, 1.165) is 6.42 Å². The van der Waals surface area contributed by atoms with Gasteiger partial charge in [-0.25, -0.2) is 8.42 Å². The fourth-order valence-corrected chi connectivity index (χ4v) is 4.12. The summed E-state index contributed by atoms with van der Waals surface area (Å²) in [4.78, 5) is 0.180. The third kappa shape index (κ3) is 3.48. The van der Waals surface area contributed by atoms with Crippen molar-refractivity contribution in [3.05, 3.63) is 28.3 Å². The van der Waals surface area contributed by atoms with Crippen LogP contribution in [0, 0.1) is 6.92 Å². The van der Waals surface area contributed by atoms with Crippen LogP contribution in [0.15, 0.2) is 17.0 Å². The Morgan fingerprint density at radius 2 is 1.95 bits per heavy atom. The molecule has 0 atom stereocenters. The highest BCUT2D eigenvalue weighted by atomic mass is 35.5. The highest BCUT2D eigenvalue weighted by molar-refractivity contribution is 7.89. The molecular weight excluding hydrogens is 286 g/mol. The van der Waals surface area contributed by atoms with Crippen molar-refractivity contribution < 1.29 is 13.5 Å². The second-order valence-electron chi connectivity index (χ2n) is 4.34. The monoisotopic (exact) mass is 305 g/mol. The van der Waals surface area contributed by atoms with Crippen molar-refractivity contribution in [2.45, 2.75) is 38.7 Å². The summed E-state index contributed by atoms with van der Waals surface area (Å²) >= 11 is 5.94. The number of aliphatic hydroxyl groups is 1. The van der Waals surface area contributed by atoms with Crippen LogP contribution in [0.1, 0.15) is 31.4 Å². The van der Waals surface area contributed by atoms with Gasteiger partial charge in [0.1, 0.15) is 0 Å². The summed E-state index contributed by atoms with van der Waals surface area (Å²) < 4.78 is 26.6. The van der Waals surface area contributed by atoms with E-state index in [1.807, 2.05) is 6.92 Å². The molecule has 0 radical (unpaired) electrons. The Hall–Kier alpha value is -0.620. The van der Waals surface area contributed by atoms with Crippen LogP contribution in [0.5, 0.6) is 0 Å². The Morgan fingerprint density at radius 1 is 1.32 bits per heavy atom. The fraction of sp³-hybridized carbons (Fsp3) is 0.538. The van der Waals surface area contributed by atoms with E-state index in [9.17, 15) is 13.5 Å². The maximum absolute atomic E-state index is 12.6. The maximum atomic E-state index is 12.6. The van der Waals surface area contributed by atoms with Crippen molar-refractivity contribution in [1.82, 2.24) is 4.31 Å². The molecule has 0 saturated carbocycles. The topological polar surface area (TPSA) is 57.6 Å². The lowest BCUT2D eigenvalue weighted by molar-refractivity contribution is 0.280. The molecule has 1 N–H and O–H groups in total. The largest absolute Gasteiger partial charge is 0.392 e. The number of halogens is 1. The molecule has 0 unspecified atom stereocenters. The van der Waals surface area contributed by atoms with Gasteiger partial charge in [0, 0.05) is 18.1 Å². The third-order valence-corrected chi connectivity index (χ3v) is 5.36.